The lowest BCUT2D eigenvalue weighted by molar-refractivity contribution is -0.141. The number of benzene rings is 1. The summed E-state index contributed by atoms with van der Waals surface area (Å²) in [6, 6.07) is 5.94. The molecule has 142 valence electrons. The second-order valence-corrected chi connectivity index (χ2v) is 7.50. The fraction of sp³-hybridized carbons (Fsp3) is 0.579. The van der Waals surface area contributed by atoms with Gasteiger partial charge in [0.15, 0.2) is 0 Å². The molecule has 0 spiro atoms. The third-order valence-electron chi connectivity index (χ3n) is 5.74. The van der Waals surface area contributed by atoms with Gasteiger partial charge in [-0.1, -0.05) is 18.6 Å². The summed E-state index contributed by atoms with van der Waals surface area (Å²) < 4.78 is 13.1. The van der Waals surface area contributed by atoms with Crippen LogP contribution in [0.25, 0.3) is 0 Å². The van der Waals surface area contributed by atoms with Crippen LogP contribution in [0.5, 0.6) is 0 Å². The number of carboxylic acid groups (broad SMARTS) is 1. The molecule has 3 atom stereocenters. The third-order valence-corrected chi connectivity index (χ3v) is 5.74. The van der Waals surface area contributed by atoms with E-state index in [9.17, 15) is 19.1 Å². The number of amides is 2. The van der Waals surface area contributed by atoms with Gasteiger partial charge in [-0.05, 0) is 43.4 Å². The lowest BCUT2D eigenvalue weighted by Crippen LogP contribution is -2.47. The maximum absolute atomic E-state index is 13.1. The molecule has 0 aromatic heterocycles. The second kappa shape index (κ2) is 7.61. The van der Waals surface area contributed by atoms with Crippen LogP contribution in [0.3, 0.4) is 0 Å². The zero-order valence-electron chi connectivity index (χ0n) is 14.7. The van der Waals surface area contributed by atoms with E-state index < -0.39 is 23.4 Å². The first-order valence-corrected chi connectivity index (χ1v) is 9.08. The average Bonchev–Trinajstić information content (AvgIpc) is 3.23. The summed E-state index contributed by atoms with van der Waals surface area (Å²) in [5, 5.41) is 22.5. The number of nitrogens with zero attached hydrogens (tertiary/aromatic N) is 1. The maximum Gasteiger partial charge on any atom is 0.317 e. The summed E-state index contributed by atoms with van der Waals surface area (Å²) in [5.41, 5.74) is 0.452. The van der Waals surface area contributed by atoms with Crippen molar-refractivity contribution in [3.63, 3.8) is 0 Å². The number of nitrogens with one attached hydrogen (secondary N) is 1. The van der Waals surface area contributed by atoms with Crippen LogP contribution in [0.15, 0.2) is 24.3 Å². The monoisotopic (exact) mass is 364 g/mol. The molecule has 1 aromatic rings. The predicted molar refractivity (Wildman–Crippen MR) is 93.1 cm³/mol. The predicted octanol–water partition coefficient (Wildman–Crippen LogP) is 2.02. The second-order valence-electron chi connectivity index (χ2n) is 7.50. The van der Waals surface area contributed by atoms with Crippen LogP contribution in [-0.2, 0) is 11.2 Å². The van der Waals surface area contributed by atoms with Crippen LogP contribution in [0.2, 0.25) is 0 Å². The Labute approximate surface area is 152 Å². The number of aliphatic hydroxyl groups excluding tert-OH is 1. The smallest absolute Gasteiger partial charge is 0.317 e. The Morgan fingerprint density at radius 3 is 2.58 bits per heavy atom. The average molecular weight is 364 g/mol. The number of hydrogen-bond acceptors (Lipinski definition) is 3. The molecule has 1 saturated heterocycles. The molecule has 2 fully saturated rings. The van der Waals surface area contributed by atoms with E-state index in [4.69, 9.17) is 5.11 Å². The summed E-state index contributed by atoms with van der Waals surface area (Å²) in [7, 11) is 0. The van der Waals surface area contributed by atoms with E-state index in [2.05, 4.69) is 5.32 Å². The highest BCUT2D eigenvalue weighted by atomic mass is 19.1. The molecule has 1 saturated carbocycles. The number of carbonyl (C=O) groups is 2. The van der Waals surface area contributed by atoms with Gasteiger partial charge in [0.25, 0.3) is 0 Å². The number of likely N-dealkylation sites (tertiary alicyclic amines) is 1. The summed E-state index contributed by atoms with van der Waals surface area (Å²) in [5.74, 6) is -1.68. The highest BCUT2D eigenvalue weighted by Crippen LogP contribution is 2.41. The molecule has 6 nitrogen and oxygen atoms in total. The molecule has 1 heterocycles. The van der Waals surface area contributed by atoms with Gasteiger partial charge in [-0.25, -0.2) is 9.18 Å². The Morgan fingerprint density at radius 2 is 2.00 bits per heavy atom. The normalized spacial score (nSPS) is 28.3. The van der Waals surface area contributed by atoms with Gasteiger partial charge >= 0.3 is 12.0 Å². The molecule has 3 rings (SSSR count). The Hall–Kier alpha value is -2.15. The molecular formula is C19H25FN2O4. The van der Waals surface area contributed by atoms with Crippen LogP contribution in [0.4, 0.5) is 9.18 Å². The van der Waals surface area contributed by atoms with Gasteiger partial charge in [0.05, 0.1) is 12.0 Å². The quantitative estimate of drug-likeness (QED) is 0.746. The van der Waals surface area contributed by atoms with Gasteiger partial charge in [-0.15, -0.1) is 0 Å². The lowest BCUT2D eigenvalue weighted by Gasteiger charge is -2.34. The highest BCUT2D eigenvalue weighted by Gasteiger charge is 2.42. The van der Waals surface area contributed by atoms with Crippen molar-refractivity contribution in [2.75, 3.05) is 19.6 Å². The minimum atomic E-state index is -0.876. The minimum absolute atomic E-state index is 0.217. The molecule has 3 N–H and O–H groups in total. The Balaban J connectivity index is 1.63. The molecule has 2 aliphatic rings. The van der Waals surface area contributed by atoms with Crippen LogP contribution < -0.4 is 5.32 Å². The molecule has 2 amide bonds. The summed E-state index contributed by atoms with van der Waals surface area (Å²) in [6.07, 6.45) is 2.84. The first kappa shape index (κ1) is 18.6. The molecule has 1 aromatic carbocycles. The van der Waals surface area contributed by atoms with Crippen molar-refractivity contribution in [2.45, 2.75) is 38.2 Å². The number of hydrogen-bond donors (Lipinski definition) is 3. The Kier molecular flexibility index (Phi) is 5.46. The third kappa shape index (κ3) is 3.98. The molecule has 0 bridgehead atoms. The van der Waals surface area contributed by atoms with E-state index in [1.807, 2.05) is 0 Å². The Morgan fingerprint density at radius 1 is 1.27 bits per heavy atom. The standard InChI is InChI=1S/C19H25FN2O4/c20-15-5-3-13(4-6-15)10-19(8-1-2-16(19)23)12-21-18(26)22-9-7-14(11-22)17(24)25/h3-6,14,16,23H,1-2,7-12H2,(H,21,26)(H,24,25). The van der Waals surface area contributed by atoms with Gasteiger partial charge in [0.2, 0.25) is 0 Å². The van der Waals surface area contributed by atoms with Crippen molar-refractivity contribution >= 4 is 12.0 Å². The zero-order valence-corrected chi connectivity index (χ0v) is 14.7. The minimum Gasteiger partial charge on any atom is -0.481 e. The van der Waals surface area contributed by atoms with E-state index in [1.165, 1.54) is 17.0 Å². The van der Waals surface area contributed by atoms with E-state index in [1.54, 1.807) is 12.1 Å². The SMILES string of the molecule is O=C(O)C1CCN(C(=O)NCC2(Cc3ccc(F)cc3)CCCC2O)C1. The Bertz CT molecular complexity index is 666. The molecular weight excluding hydrogens is 339 g/mol. The van der Waals surface area contributed by atoms with Crippen LogP contribution in [0, 0.1) is 17.2 Å². The number of rotatable bonds is 5. The van der Waals surface area contributed by atoms with Crippen molar-refractivity contribution < 1.29 is 24.2 Å². The lowest BCUT2D eigenvalue weighted by atomic mass is 9.78. The fourth-order valence-electron chi connectivity index (χ4n) is 4.11. The highest BCUT2D eigenvalue weighted by molar-refractivity contribution is 5.77. The van der Waals surface area contributed by atoms with Gasteiger partial charge in [-0.2, -0.15) is 0 Å². The van der Waals surface area contributed by atoms with E-state index >= 15 is 0 Å². The molecule has 7 heteroatoms. The van der Waals surface area contributed by atoms with E-state index in [0.717, 1.165) is 18.4 Å². The van der Waals surface area contributed by atoms with Crippen molar-refractivity contribution in [3.05, 3.63) is 35.6 Å². The summed E-state index contributed by atoms with van der Waals surface area (Å²) >= 11 is 0. The van der Waals surface area contributed by atoms with Crippen molar-refractivity contribution in [1.82, 2.24) is 10.2 Å². The van der Waals surface area contributed by atoms with Crippen LogP contribution in [-0.4, -0.2) is 52.9 Å². The van der Waals surface area contributed by atoms with Gasteiger partial charge < -0.3 is 20.4 Å². The van der Waals surface area contributed by atoms with E-state index in [-0.39, 0.29) is 18.4 Å². The molecule has 1 aliphatic carbocycles. The van der Waals surface area contributed by atoms with Crippen LogP contribution >= 0.6 is 0 Å². The first-order valence-electron chi connectivity index (χ1n) is 9.08. The molecule has 26 heavy (non-hydrogen) atoms. The summed E-state index contributed by atoms with van der Waals surface area (Å²) in [4.78, 5) is 25.0. The van der Waals surface area contributed by atoms with Gasteiger partial charge in [0.1, 0.15) is 5.82 Å². The number of aliphatic hydroxyl groups is 1. The van der Waals surface area contributed by atoms with Gasteiger partial charge in [-0.3, -0.25) is 4.79 Å². The van der Waals surface area contributed by atoms with Gasteiger partial charge in [0, 0.05) is 25.0 Å². The fourth-order valence-corrected chi connectivity index (χ4v) is 4.11. The first-order chi connectivity index (χ1) is 12.4. The van der Waals surface area contributed by atoms with Crippen molar-refractivity contribution in [2.24, 2.45) is 11.3 Å². The maximum atomic E-state index is 13.1. The topological polar surface area (TPSA) is 89.9 Å². The molecule has 0 radical (unpaired) electrons. The number of urea groups is 1. The van der Waals surface area contributed by atoms with Crippen LogP contribution in [0.1, 0.15) is 31.2 Å². The molecule has 1 aliphatic heterocycles. The summed E-state index contributed by atoms with van der Waals surface area (Å²) in [6.45, 7) is 0.962. The largest absolute Gasteiger partial charge is 0.481 e. The number of aliphatic carboxylic acids is 1. The zero-order chi connectivity index (χ0) is 18.7. The number of carboxylic acids is 1. The molecule has 3 unspecified atom stereocenters. The number of halogens is 1. The van der Waals surface area contributed by atoms with Crippen molar-refractivity contribution in [1.29, 1.82) is 0 Å². The van der Waals surface area contributed by atoms with E-state index in [0.29, 0.717) is 32.4 Å². The number of carbonyl (C=O) groups excluding carboxylic acids is 1. The van der Waals surface area contributed by atoms with Crippen molar-refractivity contribution in [3.8, 4) is 0 Å².